The number of hydrogen-bond acceptors (Lipinski definition) is 2. The van der Waals surface area contributed by atoms with Crippen LogP contribution in [0.4, 0.5) is 5.69 Å². The number of carbonyl (C=O) groups is 1. The lowest BCUT2D eigenvalue weighted by Gasteiger charge is -2.09. The fraction of sp³-hybridized carbons (Fsp3) is 0.417. The second-order valence-corrected chi connectivity index (χ2v) is 4.05. The molecule has 0 fully saturated rings. The topological polar surface area (TPSA) is 49.3 Å². The first kappa shape index (κ1) is 10.0. The van der Waals surface area contributed by atoms with Gasteiger partial charge >= 0.3 is 5.97 Å². The van der Waals surface area contributed by atoms with Gasteiger partial charge in [0.05, 0.1) is 0 Å². The number of carboxylic acids is 1. The van der Waals surface area contributed by atoms with E-state index in [-0.39, 0.29) is 6.42 Å². The van der Waals surface area contributed by atoms with Crippen molar-refractivity contribution in [3.05, 3.63) is 29.3 Å². The molecule has 0 spiro atoms. The molecule has 1 aromatic carbocycles. The van der Waals surface area contributed by atoms with Gasteiger partial charge in [0.25, 0.3) is 0 Å². The van der Waals surface area contributed by atoms with Gasteiger partial charge in [-0.2, -0.15) is 0 Å². The predicted octanol–water partition coefficient (Wildman–Crippen LogP) is 2.23. The van der Waals surface area contributed by atoms with Crippen LogP contribution in [0.5, 0.6) is 0 Å². The molecule has 2 N–H and O–H groups in total. The van der Waals surface area contributed by atoms with Gasteiger partial charge in [0, 0.05) is 24.6 Å². The van der Waals surface area contributed by atoms with Crippen LogP contribution in [0.3, 0.4) is 0 Å². The van der Waals surface area contributed by atoms with Crippen LogP contribution in [-0.2, 0) is 11.2 Å². The van der Waals surface area contributed by atoms with Crippen molar-refractivity contribution in [1.29, 1.82) is 0 Å². The molecular weight excluding hydrogens is 190 g/mol. The zero-order chi connectivity index (χ0) is 10.8. The minimum atomic E-state index is -0.730. The van der Waals surface area contributed by atoms with E-state index in [2.05, 4.69) is 18.3 Å². The first-order valence-electron chi connectivity index (χ1n) is 5.26. The van der Waals surface area contributed by atoms with E-state index in [0.29, 0.717) is 12.3 Å². The minimum absolute atomic E-state index is 0.211. The Bertz CT molecular complexity index is 387. The molecule has 1 atom stereocenters. The Kier molecular flexibility index (Phi) is 2.62. The second-order valence-electron chi connectivity index (χ2n) is 4.05. The summed E-state index contributed by atoms with van der Waals surface area (Å²) in [6.45, 7) is 3.13. The summed E-state index contributed by atoms with van der Waals surface area (Å²) in [6.07, 6.45) is 0.841. The van der Waals surface area contributed by atoms with Crippen molar-refractivity contribution in [2.75, 3.05) is 11.9 Å². The predicted molar refractivity (Wildman–Crippen MR) is 59.3 cm³/mol. The van der Waals surface area contributed by atoms with Crippen molar-refractivity contribution in [3.8, 4) is 0 Å². The van der Waals surface area contributed by atoms with Gasteiger partial charge in [-0.3, -0.25) is 4.79 Å². The highest BCUT2D eigenvalue weighted by Crippen LogP contribution is 2.34. The number of rotatable bonds is 3. The molecule has 0 aliphatic carbocycles. The van der Waals surface area contributed by atoms with Crippen molar-refractivity contribution < 1.29 is 9.90 Å². The van der Waals surface area contributed by atoms with Gasteiger partial charge in [-0.1, -0.05) is 19.1 Å². The highest BCUT2D eigenvalue weighted by molar-refractivity contribution is 5.68. The average molecular weight is 205 g/mol. The van der Waals surface area contributed by atoms with Gasteiger partial charge in [-0.05, 0) is 23.6 Å². The molecule has 0 bridgehead atoms. The zero-order valence-corrected chi connectivity index (χ0v) is 8.79. The molecule has 3 nitrogen and oxygen atoms in total. The number of aliphatic carboxylic acids is 1. The fourth-order valence-corrected chi connectivity index (χ4v) is 2.17. The third-order valence-corrected chi connectivity index (χ3v) is 2.90. The summed E-state index contributed by atoms with van der Waals surface area (Å²) in [7, 11) is 0. The lowest BCUT2D eigenvalue weighted by atomic mass is 9.94. The van der Waals surface area contributed by atoms with Crippen LogP contribution in [0.15, 0.2) is 18.2 Å². The molecule has 15 heavy (non-hydrogen) atoms. The second kappa shape index (κ2) is 3.93. The van der Waals surface area contributed by atoms with E-state index in [1.54, 1.807) is 0 Å². The lowest BCUT2D eigenvalue weighted by molar-refractivity contribution is -0.136. The van der Waals surface area contributed by atoms with Crippen molar-refractivity contribution in [3.63, 3.8) is 0 Å². The SMILES string of the molecule is CC1CNc2cccc(CCC(=O)O)c21. The van der Waals surface area contributed by atoms with Crippen LogP contribution in [0.25, 0.3) is 0 Å². The third-order valence-electron chi connectivity index (χ3n) is 2.90. The fourth-order valence-electron chi connectivity index (χ4n) is 2.17. The van der Waals surface area contributed by atoms with Gasteiger partial charge in [-0.15, -0.1) is 0 Å². The summed E-state index contributed by atoms with van der Waals surface area (Å²) in [5.41, 5.74) is 3.65. The van der Waals surface area contributed by atoms with E-state index in [9.17, 15) is 4.79 Å². The first-order chi connectivity index (χ1) is 7.18. The molecule has 1 aliphatic heterocycles. The smallest absolute Gasteiger partial charge is 0.303 e. The molecule has 3 heteroatoms. The Morgan fingerprint density at radius 2 is 2.40 bits per heavy atom. The van der Waals surface area contributed by atoms with Gasteiger partial charge in [0.2, 0.25) is 0 Å². The standard InChI is InChI=1S/C12H15NO2/c1-8-7-13-10-4-2-3-9(12(8)10)5-6-11(14)15/h2-4,8,13H,5-7H2,1H3,(H,14,15). The summed E-state index contributed by atoms with van der Waals surface area (Å²) in [4.78, 5) is 10.5. The van der Waals surface area contributed by atoms with Crippen LogP contribution in [0.2, 0.25) is 0 Å². The molecule has 1 aromatic rings. The Hall–Kier alpha value is -1.51. The number of hydrogen-bond donors (Lipinski definition) is 2. The maximum Gasteiger partial charge on any atom is 0.303 e. The van der Waals surface area contributed by atoms with Crippen LogP contribution in [0.1, 0.15) is 30.4 Å². The Labute approximate surface area is 89.1 Å². The monoisotopic (exact) mass is 205 g/mol. The summed E-state index contributed by atoms with van der Waals surface area (Å²) in [5, 5.41) is 12.0. The number of nitrogens with one attached hydrogen (secondary N) is 1. The van der Waals surface area contributed by atoms with Crippen LogP contribution in [-0.4, -0.2) is 17.6 Å². The van der Waals surface area contributed by atoms with E-state index in [1.807, 2.05) is 12.1 Å². The number of aryl methyl sites for hydroxylation is 1. The minimum Gasteiger partial charge on any atom is -0.481 e. The van der Waals surface area contributed by atoms with Gasteiger partial charge in [0.1, 0.15) is 0 Å². The van der Waals surface area contributed by atoms with Crippen molar-refractivity contribution >= 4 is 11.7 Å². The lowest BCUT2D eigenvalue weighted by Crippen LogP contribution is -2.01. The maximum atomic E-state index is 10.5. The van der Waals surface area contributed by atoms with E-state index < -0.39 is 5.97 Å². The van der Waals surface area contributed by atoms with Crippen LogP contribution < -0.4 is 5.32 Å². The maximum absolute atomic E-state index is 10.5. The zero-order valence-electron chi connectivity index (χ0n) is 8.79. The number of anilines is 1. The van der Waals surface area contributed by atoms with Crippen LogP contribution in [0, 0.1) is 0 Å². The Morgan fingerprint density at radius 3 is 3.13 bits per heavy atom. The van der Waals surface area contributed by atoms with Crippen molar-refractivity contribution in [2.45, 2.75) is 25.7 Å². The van der Waals surface area contributed by atoms with Crippen LogP contribution >= 0.6 is 0 Å². The number of fused-ring (bicyclic) bond motifs is 1. The Morgan fingerprint density at radius 1 is 1.60 bits per heavy atom. The summed E-state index contributed by atoms with van der Waals surface area (Å²) < 4.78 is 0. The van der Waals surface area contributed by atoms with E-state index in [1.165, 1.54) is 16.8 Å². The molecule has 0 saturated carbocycles. The van der Waals surface area contributed by atoms with Crippen molar-refractivity contribution in [2.24, 2.45) is 0 Å². The molecule has 0 aromatic heterocycles. The normalized spacial score (nSPS) is 18.3. The highest BCUT2D eigenvalue weighted by Gasteiger charge is 2.20. The molecular formula is C12H15NO2. The van der Waals surface area contributed by atoms with Gasteiger partial charge < -0.3 is 10.4 Å². The number of carboxylic acid groups (broad SMARTS) is 1. The quantitative estimate of drug-likeness (QED) is 0.795. The molecule has 1 heterocycles. The van der Waals surface area contributed by atoms with E-state index in [4.69, 9.17) is 5.11 Å². The summed E-state index contributed by atoms with van der Waals surface area (Å²) in [6, 6.07) is 6.08. The molecule has 2 rings (SSSR count). The van der Waals surface area contributed by atoms with Gasteiger partial charge in [0.15, 0.2) is 0 Å². The molecule has 0 saturated heterocycles. The first-order valence-corrected chi connectivity index (χ1v) is 5.26. The Balaban J connectivity index is 2.24. The van der Waals surface area contributed by atoms with Crippen molar-refractivity contribution in [1.82, 2.24) is 0 Å². The molecule has 0 amide bonds. The molecule has 1 unspecified atom stereocenters. The molecule has 0 radical (unpaired) electrons. The van der Waals surface area contributed by atoms with E-state index in [0.717, 1.165) is 6.54 Å². The highest BCUT2D eigenvalue weighted by atomic mass is 16.4. The molecule has 1 aliphatic rings. The number of benzene rings is 1. The molecule has 80 valence electrons. The summed E-state index contributed by atoms with van der Waals surface area (Å²) >= 11 is 0. The van der Waals surface area contributed by atoms with E-state index >= 15 is 0 Å². The average Bonchev–Trinajstić information content (AvgIpc) is 2.58. The third kappa shape index (κ3) is 1.96. The van der Waals surface area contributed by atoms with Gasteiger partial charge in [-0.25, -0.2) is 0 Å². The summed E-state index contributed by atoms with van der Waals surface area (Å²) in [5.74, 6) is -0.240. The largest absolute Gasteiger partial charge is 0.481 e.